The molecular formula is C44H48N8+4. The quantitative estimate of drug-likeness (QED) is 0.169. The van der Waals surface area contributed by atoms with E-state index >= 15 is 0 Å². The average Bonchev–Trinajstić information content (AvgIpc) is 3.99. The van der Waals surface area contributed by atoms with Gasteiger partial charge in [0, 0.05) is 119 Å². The summed E-state index contributed by atoms with van der Waals surface area (Å²) in [6.07, 6.45) is 26.8. The Kier molecular flexibility index (Phi) is 8.29. The molecule has 0 radical (unpaired) electrons. The van der Waals surface area contributed by atoms with Gasteiger partial charge in [0.05, 0.1) is 0 Å². The minimum atomic E-state index is 0.0924. The second-order valence-electron chi connectivity index (χ2n) is 15.0. The van der Waals surface area contributed by atoms with Crippen molar-refractivity contribution in [2.45, 2.75) is 47.8 Å². The third kappa shape index (κ3) is 6.02. The summed E-state index contributed by atoms with van der Waals surface area (Å²) in [5, 5.41) is 8.26. The molecule has 8 unspecified atom stereocenters. The molecule has 4 N–H and O–H groups in total. The van der Waals surface area contributed by atoms with Gasteiger partial charge in [-0.2, -0.15) is 0 Å². The van der Waals surface area contributed by atoms with Gasteiger partial charge in [-0.3, -0.25) is 0 Å². The van der Waals surface area contributed by atoms with Crippen LogP contribution in [0.1, 0.15) is 68.7 Å². The number of hydrogen-bond donors (Lipinski definition) is 4. The van der Waals surface area contributed by atoms with Gasteiger partial charge >= 0.3 is 0 Å². The van der Waals surface area contributed by atoms with Crippen LogP contribution in [0.4, 0.5) is 0 Å². The van der Waals surface area contributed by atoms with E-state index in [1.165, 1.54) is 45.0 Å². The second kappa shape index (κ2) is 13.3. The maximum absolute atomic E-state index is 4.13. The lowest BCUT2D eigenvalue weighted by Crippen LogP contribution is -2.41. The molecular weight excluding hydrogens is 641 g/mol. The van der Waals surface area contributed by atoms with Gasteiger partial charge in [-0.1, -0.05) is 24.3 Å². The van der Waals surface area contributed by atoms with Crippen LogP contribution >= 0.6 is 0 Å². The van der Waals surface area contributed by atoms with Crippen LogP contribution in [0.25, 0.3) is 0 Å². The van der Waals surface area contributed by atoms with E-state index in [4.69, 9.17) is 0 Å². The molecule has 6 aromatic rings. The SMILES string of the molecule is C[n+]1ccc(C2c3ccc([nH]3)C(c3cc[n+](C)cc3)C3C=CC(N3)C(c3cc[n+](C)cc3)c3ccc([nH]3)C(c3cc[n+](C)cc3)C3C=CC2N3)cc1. The Morgan fingerprint density at radius 3 is 0.750 bits per heavy atom. The summed E-state index contributed by atoms with van der Waals surface area (Å²) < 4.78 is 8.43. The maximum Gasteiger partial charge on any atom is 0.168 e. The van der Waals surface area contributed by atoms with Crippen molar-refractivity contribution in [3.63, 3.8) is 0 Å². The van der Waals surface area contributed by atoms with Crippen molar-refractivity contribution in [1.82, 2.24) is 20.6 Å². The number of nitrogens with zero attached hydrogens (tertiary/aromatic N) is 4. The summed E-state index contributed by atoms with van der Waals surface area (Å²) in [6.45, 7) is 0. The number of aromatic amines is 2. The first kappa shape index (κ1) is 32.5. The summed E-state index contributed by atoms with van der Waals surface area (Å²) in [4.78, 5) is 8.03. The Morgan fingerprint density at radius 1 is 0.327 bits per heavy atom. The summed E-state index contributed by atoms with van der Waals surface area (Å²) in [5.74, 6) is 0.372. The number of fused-ring (bicyclic) bond motifs is 8. The van der Waals surface area contributed by atoms with Crippen LogP contribution in [0.3, 0.4) is 0 Å². The molecule has 0 saturated carbocycles. The second-order valence-corrected chi connectivity index (χ2v) is 15.0. The van der Waals surface area contributed by atoms with Gasteiger partial charge in [-0.15, -0.1) is 0 Å². The van der Waals surface area contributed by atoms with Crippen molar-refractivity contribution in [2.24, 2.45) is 28.2 Å². The van der Waals surface area contributed by atoms with Crippen molar-refractivity contribution in [3.8, 4) is 0 Å². The highest BCUT2D eigenvalue weighted by Crippen LogP contribution is 2.40. The largest absolute Gasteiger partial charge is 0.361 e. The van der Waals surface area contributed by atoms with Gasteiger partial charge in [0.2, 0.25) is 0 Å². The van der Waals surface area contributed by atoms with Crippen molar-refractivity contribution in [3.05, 3.63) is 192 Å². The van der Waals surface area contributed by atoms with Gasteiger partial charge in [0.15, 0.2) is 49.6 Å². The molecule has 8 nitrogen and oxygen atoms in total. The molecule has 9 rings (SSSR count). The summed E-state index contributed by atoms with van der Waals surface area (Å²) in [7, 11) is 8.32. The first-order valence-corrected chi connectivity index (χ1v) is 18.4. The van der Waals surface area contributed by atoms with E-state index in [1.54, 1.807) is 0 Å². The fourth-order valence-electron chi connectivity index (χ4n) is 8.76. The van der Waals surface area contributed by atoms with Gasteiger partial charge in [-0.25, -0.2) is 18.3 Å². The molecule has 8 heteroatoms. The zero-order valence-electron chi connectivity index (χ0n) is 30.3. The van der Waals surface area contributed by atoms with Crippen LogP contribution in [0.2, 0.25) is 0 Å². The molecule has 0 spiro atoms. The lowest BCUT2D eigenvalue weighted by molar-refractivity contribution is -0.671. The third-order valence-corrected chi connectivity index (χ3v) is 11.5. The highest BCUT2D eigenvalue weighted by Gasteiger charge is 2.39. The molecule has 52 heavy (non-hydrogen) atoms. The average molecular weight is 689 g/mol. The molecule has 0 fully saturated rings. The van der Waals surface area contributed by atoms with E-state index in [2.05, 4.69) is 214 Å². The van der Waals surface area contributed by atoms with Crippen LogP contribution in [0.15, 0.2) is 147 Å². The number of aryl methyl sites for hydroxylation is 4. The van der Waals surface area contributed by atoms with Crippen molar-refractivity contribution < 1.29 is 18.3 Å². The molecule has 8 atom stereocenters. The highest BCUT2D eigenvalue weighted by atomic mass is 15.0. The fraction of sp³-hybridized carbons (Fsp3) is 0.273. The predicted molar refractivity (Wildman–Crippen MR) is 199 cm³/mol. The lowest BCUT2D eigenvalue weighted by atomic mass is 9.88. The Hall–Kier alpha value is -5.44. The molecule has 9 heterocycles. The molecule has 0 amide bonds. The van der Waals surface area contributed by atoms with Crippen LogP contribution < -0.4 is 28.9 Å². The Bertz CT molecular complexity index is 1910. The molecule has 0 saturated heterocycles. The predicted octanol–water partition coefficient (Wildman–Crippen LogP) is 3.68. The van der Waals surface area contributed by atoms with E-state index in [1.807, 2.05) is 0 Å². The van der Waals surface area contributed by atoms with Gasteiger partial charge in [0.1, 0.15) is 28.2 Å². The lowest BCUT2D eigenvalue weighted by Gasteiger charge is -2.30. The zero-order chi connectivity index (χ0) is 35.3. The minimum absolute atomic E-state index is 0.0924. The minimum Gasteiger partial charge on any atom is -0.361 e. The Labute approximate surface area is 305 Å². The molecule has 0 aromatic carbocycles. The Morgan fingerprint density at radius 2 is 0.538 bits per heavy atom. The molecule has 8 bridgehead atoms. The molecule has 3 aliphatic rings. The normalized spacial score (nSPS) is 26.5. The molecule has 260 valence electrons. The van der Waals surface area contributed by atoms with E-state index in [9.17, 15) is 0 Å². The first-order chi connectivity index (χ1) is 25.4. The standard InChI is InChI=1S/C44H48N8/c1-49-21-13-29(14-22-49)41-33-5-7-35(45-33)42(30-15-23-50(2)24-16-30)37-9-11-39(47-37)44(32-19-27-52(4)28-20-32)40-12-10-38(48-40)43(36-8-6-34(41)46-36)31-17-25-51(3)26-18-31/h5-28,33,35,38,40-48H,1-4H3/q+4. The summed E-state index contributed by atoms with van der Waals surface area (Å²) in [5.41, 5.74) is 9.97. The van der Waals surface area contributed by atoms with Crippen molar-refractivity contribution >= 4 is 0 Å². The van der Waals surface area contributed by atoms with Crippen LogP contribution in [-0.2, 0) is 28.2 Å². The van der Waals surface area contributed by atoms with Crippen LogP contribution in [-0.4, -0.2) is 34.1 Å². The summed E-state index contributed by atoms with van der Waals surface area (Å²) in [6, 6.07) is 27.8. The van der Waals surface area contributed by atoms with Crippen molar-refractivity contribution in [2.75, 3.05) is 0 Å². The van der Waals surface area contributed by atoms with Gasteiger partial charge < -0.3 is 20.6 Å². The van der Waals surface area contributed by atoms with E-state index < -0.39 is 0 Å². The number of H-pyrrole nitrogens is 2. The van der Waals surface area contributed by atoms with E-state index in [0.717, 1.165) is 0 Å². The molecule has 0 aliphatic carbocycles. The number of aromatic nitrogens is 6. The fourth-order valence-corrected chi connectivity index (χ4v) is 8.76. The van der Waals surface area contributed by atoms with Crippen molar-refractivity contribution in [1.29, 1.82) is 0 Å². The topological polar surface area (TPSA) is 71.2 Å². The Balaban J connectivity index is 1.22. The number of pyridine rings is 4. The number of hydrogen-bond acceptors (Lipinski definition) is 2. The zero-order valence-corrected chi connectivity index (χ0v) is 30.3. The number of rotatable bonds is 4. The molecule has 6 aromatic heterocycles. The van der Waals surface area contributed by atoms with Gasteiger partial charge in [0.25, 0.3) is 0 Å². The van der Waals surface area contributed by atoms with Crippen LogP contribution in [0.5, 0.6) is 0 Å². The van der Waals surface area contributed by atoms with E-state index in [-0.39, 0.29) is 47.8 Å². The van der Waals surface area contributed by atoms with Crippen LogP contribution in [0, 0.1) is 0 Å². The highest BCUT2D eigenvalue weighted by molar-refractivity contribution is 5.43. The number of nitrogens with one attached hydrogen (secondary N) is 4. The summed E-state index contributed by atoms with van der Waals surface area (Å²) >= 11 is 0. The van der Waals surface area contributed by atoms with Gasteiger partial charge in [-0.05, 0) is 46.5 Å². The first-order valence-electron chi connectivity index (χ1n) is 18.4. The third-order valence-electron chi connectivity index (χ3n) is 11.5. The maximum atomic E-state index is 4.13. The van der Waals surface area contributed by atoms with E-state index in [0.29, 0.717) is 0 Å². The smallest absolute Gasteiger partial charge is 0.168 e. The monoisotopic (exact) mass is 688 g/mol. The molecule has 3 aliphatic heterocycles.